The van der Waals surface area contributed by atoms with Crippen molar-refractivity contribution in [3.8, 4) is 5.75 Å². The molecular weight excluding hydrogens is 254 g/mol. The minimum absolute atomic E-state index is 0.0843. The van der Waals surface area contributed by atoms with Crippen molar-refractivity contribution in [1.82, 2.24) is 9.55 Å². The molecule has 0 aliphatic rings. The predicted octanol–water partition coefficient (Wildman–Crippen LogP) is 2.14. The first-order valence-electron chi connectivity index (χ1n) is 6.78. The van der Waals surface area contributed by atoms with E-state index in [4.69, 9.17) is 4.74 Å². The van der Waals surface area contributed by atoms with Crippen LogP contribution in [0.25, 0.3) is 0 Å². The Labute approximate surface area is 118 Å². The number of hydrogen-bond donors (Lipinski definition) is 1. The largest absolute Gasteiger partial charge is 0.494 e. The quantitative estimate of drug-likeness (QED) is 0.785. The molecule has 0 amide bonds. The number of benzene rings is 1. The summed E-state index contributed by atoms with van der Waals surface area (Å²) in [5.41, 5.74) is -0.0843. The average Bonchev–Trinajstić information content (AvgIpc) is 2.49. The number of anilines is 1. The number of para-hydroxylation sites is 1. The second-order valence-corrected chi connectivity index (χ2v) is 4.31. The number of rotatable bonds is 7. The van der Waals surface area contributed by atoms with Crippen molar-refractivity contribution in [2.75, 3.05) is 18.5 Å². The average molecular weight is 273 g/mol. The van der Waals surface area contributed by atoms with E-state index < -0.39 is 0 Å². The van der Waals surface area contributed by atoms with Gasteiger partial charge in [-0.15, -0.1) is 0 Å². The number of nitrogens with zero attached hydrogens (tertiary/aromatic N) is 2. The molecule has 5 heteroatoms. The van der Waals surface area contributed by atoms with Crippen molar-refractivity contribution in [3.63, 3.8) is 0 Å². The number of aromatic nitrogens is 2. The molecule has 0 bridgehead atoms. The van der Waals surface area contributed by atoms with E-state index in [1.807, 2.05) is 37.3 Å². The standard InChI is InChI=1S/C15H19N3O2/c1-2-18-11-10-17-14(15(18)19)16-9-6-12-20-13-7-4-3-5-8-13/h3-5,7-8,10-11H,2,6,9,12H2,1H3,(H,16,17). The molecule has 5 nitrogen and oxygen atoms in total. The maximum absolute atomic E-state index is 11.9. The van der Waals surface area contributed by atoms with Gasteiger partial charge in [0, 0.05) is 25.5 Å². The summed E-state index contributed by atoms with van der Waals surface area (Å²) in [5, 5.41) is 3.05. The minimum Gasteiger partial charge on any atom is -0.494 e. The van der Waals surface area contributed by atoms with Gasteiger partial charge >= 0.3 is 0 Å². The van der Waals surface area contributed by atoms with E-state index >= 15 is 0 Å². The maximum atomic E-state index is 11.9. The van der Waals surface area contributed by atoms with Crippen LogP contribution in [0, 0.1) is 0 Å². The fraction of sp³-hybridized carbons (Fsp3) is 0.333. The van der Waals surface area contributed by atoms with E-state index in [1.54, 1.807) is 17.0 Å². The van der Waals surface area contributed by atoms with Gasteiger partial charge in [0.1, 0.15) is 5.75 Å². The molecule has 2 aromatic rings. The van der Waals surface area contributed by atoms with E-state index in [1.165, 1.54) is 0 Å². The van der Waals surface area contributed by atoms with Crippen LogP contribution in [0.4, 0.5) is 5.82 Å². The van der Waals surface area contributed by atoms with Gasteiger partial charge < -0.3 is 14.6 Å². The first-order valence-corrected chi connectivity index (χ1v) is 6.78. The lowest BCUT2D eigenvalue weighted by Gasteiger charge is -2.08. The smallest absolute Gasteiger partial charge is 0.293 e. The van der Waals surface area contributed by atoms with E-state index in [0.29, 0.717) is 25.5 Å². The van der Waals surface area contributed by atoms with Gasteiger partial charge in [-0.1, -0.05) is 18.2 Å². The molecule has 2 rings (SSSR count). The van der Waals surface area contributed by atoms with Crippen LogP contribution < -0.4 is 15.6 Å². The molecule has 0 saturated carbocycles. The van der Waals surface area contributed by atoms with Gasteiger partial charge in [-0.3, -0.25) is 4.79 Å². The van der Waals surface area contributed by atoms with Gasteiger partial charge in [0.05, 0.1) is 6.61 Å². The lowest BCUT2D eigenvalue weighted by atomic mass is 10.3. The highest BCUT2D eigenvalue weighted by molar-refractivity contribution is 5.30. The fourth-order valence-corrected chi connectivity index (χ4v) is 1.80. The third-order valence-corrected chi connectivity index (χ3v) is 2.88. The second kappa shape index (κ2) is 7.33. The van der Waals surface area contributed by atoms with Crippen LogP contribution in [0.3, 0.4) is 0 Å². The van der Waals surface area contributed by atoms with Crippen molar-refractivity contribution < 1.29 is 4.74 Å². The molecule has 0 spiro atoms. The van der Waals surface area contributed by atoms with Gasteiger partial charge in [0.25, 0.3) is 5.56 Å². The monoisotopic (exact) mass is 273 g/mol. The lowest BCUT2D eigenvalue weighted by molar-refractivity contribution is 0.315. The molecular formula is C15H19N3O2. The van der Waals surface area contributed by atoms with Crippen molar-refractivity contribution in [2.24, 2.45) is 0 Å². The van der Waals surface area contributed by atoms with E-state index in [2.05, 4.69) is 10.3 Å². The molecule has 0 atom stereocenters. The summed E-state index contributed by atoms with van der Waals surface area (Å²) in [5.74, 6) is 1.26. The van der Waals surface area contributed by atoms with Crippen molar-refractivity contribution >= 4 is 5.82 Å². The van der Waals surface area contributed by atoms with Crippen LogP contribution in [0.5, 0.6) is 5.75 Å². The molecule has 20 heavy (non-hydrogen) atoms. The molecule has 1 aromatic carbocycles. The van der Waals surface area contributed by atoms with E-state index in [9.17, 15) is 4.79 Å². The summed E-state index contributed by atoms with van der Waals surface area (Å²) in [7, 11) is 0. The molecule has 0 aliphatic carbocycles. The summed E-state index contributed by atoms with van der Waals surface area (Å²) in [6.07, 6.45) is 4.12. The summed E-state index contributed by atoms with van der Waals surface area (Å²) in [6, 6.07) is 9.68. The number of ether oxygens (including phenoxy) is 1. The zero-order valence-electron chi connectivity index (χ0n) is 11.6. The van der Waals surface area contributed by atoms with Crippen LogP contribution in [-0.4, -0.2) is 22.7 Å². The fourth-order valence-electron chi connectivity index (χ4n) is 1.80. The molecule has 0 fully saturated rings. The van der Waals surface area contributed by atoms with Crippen molar-refractivity contribution in [1.29, 1.82) is 0 Å². The van der Waals surface area contributed by atoms with Crippen LogP contribution in [0.1, 0.15) is 13.3 Å². The minimum atomic E-state index is -0.0843. The molecule has 1 aromatic heterocycles. The van der Waals surface area contributed by atoms with Crippen LogP contribution in [0.2, 0.25) is 0 Å². The SMILES string of the molecule is CCn1ccnc(NCCCOc2ccccc2)c1=O. The summed E-state index contributed by atoms with van der Waals surface area (Å²) in [4.78, 5) is 15.9. The maximum Gasteiger partial charge on any atom is 0.293 e. The van der Waals surface area contributed by atoms with Gasteiger partial charge in [0.15, 0.2) is 5.82 Å². The van der Waals surface area contributed by atoms with Gasteiger partial charge in [-0.25, -0.2) is 4.98 Å². The molecule has 0 unspecified atom stereocenters. The predicted molar refractivity (Wildman–Crippen MR) is 79.2 cm³/mol. The first kappa shape index (κ1) is 14.1. The molecule has 106 valence electrons. The normalized spacial score (nSPS) is 10.2. The topological polar surface area (TPSA) is 56.1 Å². The van der Waals surface area contributed by atoms with Gasteiger partial charge in [-0.05, 0) is 25.5 Å². The summed E-state index contributed by atoms with van der Waals surface area (Å²) < 4.78 is 7.20. The van der Waals surface area contributed by atoms with Crippen molar-refractivity contribution in [2.45, 2.75) is 19.9 Å². The summed E-state index contributed by atoms with van der Waals surface area (Å²) in [6.45, 7) is 3.83. The zero-order valence-corrected chi connectivity index (χ0v) is 11.6. The van der Waals surface area contributed by atoms with E-state index in [0.717, 1.165) is 12.2 Å². The third kappa shape index (κ3) is 3.85. The Bertz CT molecular complexity index is 581. The Balaban J connectivity index is 1.75. The Morgan fingerprint density at radius 3 is 2.85 bits per heavy atom. The highest BCUT2D eigenvalue weighted by atomic mass is 16.5. The van der Waals surface area contributed by atoms with Crippen LogP contribution in [0.15, 0.2) is 47.5 Å². The molecule has 1 N–H and O–H groups in total. The number of nitrogens with one attached hydrogen (secondary N) is 1. The Morgan fingerprint density at radius 1 is 1.30 bits per heavy atom. The lowest BCUT2D eigenvalue weighted by Crippen LogP contribution is -2.24. The number of aryl methyl sites for hydroxylation is 1. The molecule has 0 radical (unpaired) electrons. The Morgan fingerprint density at radius 2 is 2.10 bits per heavy atom. The first-order chi connectivity index (χ1) is 9.81. The second-order valence-electron chi connectivity index (χ2n) is 4.31. The summed E-state index contributed by atoms with van der Waals surface area (Å²) >= 11 is 0. The highest BCUT2D eigenvalue weighted by Crippen LogP contribution is 2.08. The van der Waals surface area contributed by atoms with Crippen molar-refractivity contribution in [3.05, 3.63) is 53.1 Å². The van der Waals surface area contributed by atoms with Crippen LogP contribution >= 0.6 is 0 Å². The van der Waals surface area contributed by atoms with Crippen LogP contribution in [-0.2, 0) is 6.54 Å². The van der Waals surface area contributed by atoms with Gasteiger partial charge in [-0.2, -0.15) is 0 Å². The number of hydrogen-bond acceptors (Lipinski definition) is 4. The Kier molecular flexibility index (Phi) is 5.17. The Hall–Kier alpha value is -2.30. The van der Waals surface area contributed by atoms with E-state index in [-0.39, 0.29) is 5.56 Å². The third-order valence-electron chi connectivity index (χ3n) is 2.88. The molecule has 0 aliphatic heterocycles. The molecule has 1 heterocycles. The highest BCUT2D eigenvalue weighted by Gasteiger charge is 2.02. The zero-order chi connectivity index (χ0) is 14.2. The van der Waals surface area contributed by atoms with Gasteiger partial charge in [0.2, 0.25) is 0 Å². The molecule has 0 saturated heterocycles.